The maximum atomic E-state index is 11.3. The van der Waals surface area contributed by atoms with E-state index < -0.39 is 4.92 Å². The Morgan fingerprint density at radius 3 is 2.85 bits per heavy atom. The van der Waals surface area contributed by atoms with Crippen LogP contribution in [0.2, 0.25) is 0 Å². The van der Waals surface area contributed by atoms with Gasteiger partial charge in [0.25, 0.3) is 0 Å². The van der Waals surface area contributed by atoms with Crippen LogP contribution in [-0.2, 0) is 0 Å². The second kappa shape index (κ2) is 6.15. The van der Waals surface area contributed by atoms with Crippen LogP contribution in [0.5, 0.6) is 0 Å². The SMILES string of the molecule is CCN(CCN)c1c([N+](=O)[O-])cnc2ccc(Br)cc12. The van der Waals surface area contributed by atoms with Crippen molar-refractivity contribution >= 4 is 38.2 Å². The van der Waals surface area contributed by atoms with E-state index in [1.165, 1.54) is 6.20 Å². The third kappa shape index (κ3) is 2.73. The van der Waals surface area contributed by atoms with Gasteiger partial charge >= 0.3 is 5.69 Å². The third-order valence-electron chi connectivity index (χ3n) is 3.08. The summed E-state index contributed by atoms with van der Waals surface area (Å²) in [5, 5.41) is 12.0. The van der Waals surface area contributed by atoms with Gasteiger partial charge in [-0.05, 0) is 25.1 Å². The molecule has 0 aliphatic rings. The van der Waals surface area contributed by atoms with Gasteiger partial charge in [-0.3, -0.25) is 10.1 Å². The molecule has 0 atom stereocenters. The maximum absolute atomic E-state index is 11.3. The molecular formula is C13H15BrN4O2. The van der Waals surface area contributed by atoms with Crippen LogP contribution in [0.1, 0.15) is 6.92 Å². The first-order valence-electron chi connectivity index (χ1n) is 6.26. The van der Waals surface area contributed by atoms with Gasteiger partial charge in [-0.15, -0.1) is 0 Å². The summed E-state index contributed by atoms with van der Waals surface area (Å²) >= 11 is 3.40. The summed E-state index contributed by atoms with van der Waals surface area (Å²) in [7, 11) is 0. The van der Waals surface area contributed by atoms with E-state index >= 15 is 0 Å². The summed E-state index contributed by atoms with van der Waals surface area (Å²) in [5.41, 5.74) is 6.92. The van der Waals surface area contributed by atoms with Crippen LogP contribution in [0.3, 0.4) is 0 Å². The van der Waals surface area contributed by atoms with Gasteiger partial charge < -0.3 is 10.6 Å². The van der Waals surface area contributed by atoms with E-state index in [-0.39, 0.29) is 5.69 Å². The number of anilines is 1. The fourth-order valence-corrected chi connectivity index (χ4v) is 2.55. The molecule has 0 amide bonds. The lowest BCUT2D eigenvalue weighted by atomic mass is 10.1. The van der Waals surface area contributed by atoms with E-state index in [0.717, 1.165) is 15.4 Å². The first kappa shape index (κ1) is 14.7. The number of benzene rings is 1. The number of nitrogens with zero attached hydrogens (tertiary/aromatic N) is 3. The molecule has 6 nitrogen and oxygen atoms in total. The zero-order chi connectivity index (χ0) is 14.7. The van der Waals surface area contributed by atoms with Crippen LogP contribution in [-0.4, -0.2) is 29.5 Å². The second-order valence-electron chi connectivity index (χ2n) is 4.28. The summed E-state index contributed by atoms with van der Waals surface area (Å²) in [5.74, 6) is 0. The predicted molar refractivity (Wildman–Crippen MR) is 83.0 cm³/mol. The third-order valence-corrected chi connectivity index (χ3v) is 3.57. The smallest absolute Gasteiger partial charge is 0.311 e. The Hall–Kier alpha value is -1.73. The van der Waals surface area contributed by atoms with Gasteiger partial charge in [0.1, 0.15) is 11.9 Å². The number of fused-ring (bicyclic) bond motifs is 1. The lowest BCUT2D eigenvalue weighted by molar-refractivity contribution is -0.384. The van der Waals surface area contributed by atoms with Crippen molar-refractivity contribution in [1.82, 2.24) is 4.98 Å². The zero-order valence-corrected chi connectivity index (χ0v) is 12.6. The molecule has 20 heavy (non-hydrogen) atoms. The predicted octanol–water partition coefficient (Wildman–Crippen LogP) is 2.69. The molecule has 0 fully saturated rings. The molecule has 2 aromatic rings. The molecular weight excluding hydrogens is 324 g/mol. The molecule has 0 radical (unpaired) electrons. The van der Waals surface area contributed by atoms with Crippen molar-refractivity contribution in [2.24, 2.45) is 5.73 Å². The standard InChI is InChI=1S/C13H15BrN4O2/c1-2-17(6-5-15)13-10-7-9(14)3-4-11(10)16-8-12(13)18(19)20/h3-4,7-8H,2,5-6,15H2,1H3. The molecule has 0 saturated heterocycles. The highest BCUT2D eigenvalue weighted by atomic mass is 79.9. The largest absolute Gasteiger partial charge is 0.364 e. The van der Waals surface area contributed by atoms with Gasteiger partial charge in [0.2, 0.25) is 0 Å². The van der Waals surface area contributed by atoms with Gasteiger partial charge in [-0.25, -0.2) is 4.98 Å². The fraction of sp³-hybridized carbons (Fsp3) is 0.308. The summed E-state index contributed by atoms with van der Waals surface area (Å²) in [6, 6.07) is 5.55. The average molecular weight is 339 g/mol. The topological polar surface area (TPSA) is 85.3 Å². The molecule has 0 unspecified atom stereocenters. The zero-order valence-electron chi connectivity index (χ0n) is 11.0. The van der Waals surface area contributed by atoms with E-state index in [2.05, 4.69) is 20.9 Å². The Kier molecular flexibility index (Phi) is 4.51. The van der Waals surface area contributed by atoms with Crippen molar-refractivity contribution in [3.63, 3.8) is 0 Å². The van der Waals surface area contributed by atoms with Crippen LogP contribution >= 0.6 is 15.9 Å². The lowest BCUT2D eigenvalue weighted by Gasteiger charge is -2.23. The van der Waals surface area contributed by atoms with Gasteiger partial charge in [-0.2, -0.15) is 0 Å². The van der Waals surface area contributed by atoms with Gasteiger partial charge in [0.15, 0.2) is 0 Å². The van der Waals surface area contributed by atoms with E-state index in [4.69, 9.17) is 5.73 Å². The van der Waals surface area contributed by atoms with Crippen LogP contribution in [0.25, 0.3) is 10.9 Å². The van der Waals surface area contributed by atoms with Gasteiger partial charge in [-0.1, -0.05) is 15.9 Å². The van der Waals surface area contributed by atoms with Crippen LogP contribution in [0.15, 0.2) is 28.9 Å². The molecule has 0 saturated carbocycles. The van der Waals surface area contributed by atoms with Crippen molar-refractivity contribution in [3.8, 4) is 0 Å². The highest BCUT2D eigenvalue weighted by Crippen LogP contribution is 2.35. The summed E-state index contributed by atoms with van der Waals surface area (Å²) < 4.78 is 0.859. The van der Waals surface area contributed by atoms with E-state index in [1.807, 2.05) is 30.0 Å². The normalized spacial score (nSPS) is 10.8. The Bertz CT molecular complexity index is 648. The summed E-state index contributed by atoms with van der Waals surface area (Å²) in [6.07, 6.45) is 1.31. The van der Waals surface area contributed by atoms with Crippen LogP contribution in [0, 0.1) is 10.1 Å². The van der Waals surface area contributed by atoms with Crippen molar-refractivity contribution < 1.29 is 4.92 Å². The molecule has 1 heterocycles. The quantitative estimate of drug-likeness (QED) is 0.669. The monoisotopic (exact) mass is 338 g/mol. The number of nitro groups is 1. The maximum Gasteiger partial charge on any atom is 0.311 e. The molecule has 0 aliphatic carbocycles. The molecule has 0 bridgehead atoms. The first-order chi connectivity index (χ1) is 9.58. The summed E-state index contributed by atoms with van der Waals surface area (Å²) in [6.45, 7) is 3.58. The minimum absolute atomic E-state index is 0.00546. The fourth-order valence-electron chi connectivity index (χ4n) is 2.19. The number of halogens is 1. The highest BCUT2D eigenvalue weighted by Gasteiger charge is 2.22. The molecule has 106 valence electrons. The molecule has 0 spiro atoms. The Balaban J connectivity index is 2.76. The number of nitrogens with two attached hydrogens (primary N) is 1. The minimum Gasteiger partial charge on any atom is -0.364 e. The Labute approximate surface area is 124 Å². The number of rotatable bonds is 5. The van der Waals surface area contributed by atoms with Crippen molar-refractivity contribution in [3.05, 3.63) is 39.0 Å². The number of hydrogen-bond donors (Lipinski definition) is 1. The highest BCUT2D eigenvalue weighted by molar-refractivity contribution is 9.10. The number of aromatic nitrogens is 1. The first-order valence-corrected chi connectivity index (χ1v) is 7.05. The van der Waals surface area contributed by atoms with Crippen molar-refractivity contribution in [2.45, 2.75) is 6.92 Å². The van der Waals surface area contributed by atoms with Gasteiger partial charge in [0, 0.05) is 29.5 Å². The average Bonchev–Trinajstić information content (AvgIpc) is 2.43. The Morgan fingerprint density at radius 1 is 1.50 bits per heavy atom. The number of likely N-dealkylation sites (N-methyl/N-ethyl adjacent to an activating group) is 1. The Morgan fingerprint density at radius 2 is 2.25 bits per heavy atom. The molecule has 7 heteroatoms. The van der Waals surface area contributed by atoms with Crippen molar-refractivity contribution in [2.75, 3.05) is 24.5 Å². The molecule has 1 aromatic heterocycles. The van der Waals surface area contributed by atoms with Gasteiger partial charge in [0.05, 0.1) is 10.4 Å². The minimum atomic E-state index is -0.401. The molecule has 2 N–H and O–H groups in total. The van der Waals surface area contributed by atoms with Crippen molar-refractivity contribution in [1.29, 1.82) is 0 Å². The van der Waals surface area contributed by atoms with Crippen LogP contribution in [0.4, 0.5) is 11.4 Å². The molecule has 1 aromatic carbocycles. The second-order valence-corrected chi connectivity index (χ2v) is 5.19. The number of hydrogen-bond acceptors (Lipinski definition) is 5. The number of pyridine rings is 1. The summed E-state index contributed by atoms with van der Waals surface area (Å²) in [4.78, 5) is 16.9. The van der Waals surface area contributed by atoms with Crippen LogP contribution < -0.4 is 10.6 Å². The van der Waals surface area contributed by atoms with E-state index in [1.54, 1.807) is 0 Å². The van der Waals surface area contributed by atoms with E-state index in [0.29, 0.717) is 25.3 Å². The lowest BCUT2D eigenvalue weighted by Crippen LogP contribution is -2.30. The molecule has 2 rings (SSSR count). The molecule has 0 aliphatic heterocycles. The van der Waals surface area contributed by atoms with E-state index in [9.17, 15) is 10.1 Å².